The monoisotopic (exact) mass is 240 g/mol. The summed E-state index contributed by atoms with van der Waals surface area (Å²) >= 11 is 0. The van der Waals surface area contributed by atoms with Crippen molar-refractivity contribution in [2.75, 3.05) is 13.2 Å². The predicted molar refractivity (Wildman–Crippen MR) is 54.9 cm³/mol. The van der Waals surface area contributed by atoms with Gasteiger partial charge in [0.1, 0.15) is 6.04 Å². The summed E-state index contributed by atoms with van der Waals surface area (Å²) in [5.74, 6) is 0. The highest BCUT2D eigenvalue weighted by Crippen LogP contribution is 2.33. The minimum Gasteiger partial charge on any atom is -0.395 e. The molecule has 0 aromatic heterocycles. The summed E-state index contributed by atoms with van der Waals surface area (Å²) in [4.78, 5) is 1.31. The highest BCUT2D eigenvalue weighted by atomic mass is 19.4. The van der Waals surface area contributed by atoms with E-state index in [1.807, 2.05) is 0 Å². The van der Waals surface area contributed by atoms with Crippen molar-refractivity contribution in [3.63, 3.8) is 0 Å². The van der Waals surface area contributed by atoms with E-state index in [0.717, 1.165) is 19.3 Å². The molecule has 1 fully saturated rings. The fourth-order valence-corrected chi connectivity index (χ4v) is 2.17. The maximum absolute atomic E-state index is 12.9. The van der Waals surface area contributed by atoms with Crippen LogP contribution in [-0.4, -0.2) is 47.5 Å². The number of hydrogen-bond donors (Lipinski definition) is 2. The average Bonchev–Trinajstić information content (AvgIpc) is 1.96. The quantitative estimate of drug-likeness (QED) is 0.757. The lowest BCUT2D eigenvalue weighted by Crippen LogP contribution is -2.60. The summed E-state index contributed by atoms with van der Waals surface area (Å²) < 4.78 is 38.6. The van der Waals surface area contributed by atoms with Crippen molar-refractivity contribution >= 4 is 0 Å². The molecule has 2 atom stereocenters. The lowest BCUT2D eigenvalue weighted by atomic mass is 9.89. The van der Waals surface area contributed by atoms with Gasteiger partial charge in [0.2, 0.25) is 0 Å². The molecule has 1 rings (SSSR count). The van der Waals surface area contributed by atoms with E-state index in [2.05, 4.69) is 0 Å². The molecule has 96 valence electrons. The zero-order valence-electron chi connectivity index (χ0n) is 9.37. The Hall–Kier alpha value is -0.330. The van der Waals surface area contributed by atoms with E-state index in [9.17, 15) is 13.2 Å². The van der Waals surface area contributed by atoms with Gasteiger partial charge in [-0.3, -0.25) is 4.90 Å². The second-order valence-corrected chi connectivity index (χ2v) is 4.39. The first-order valence-electron chi connectivity index (χ1n) is 5.56. The molecule has 0 amide bonds. The Morgan fingerprint density at radius 2 is 2.00 bits per heavy atom. The molecule has 0 aromatic rings. The van der Waals surface area contributed by atoms with Crippen molar-refractivity contribution < 1.29 is 18.3 Å². The van der Waals surface area contributed by atoms with Gasteiger partial charge in [0.25, 0.3) is 0 Å². The standard InChI is InChI=1S/C10H19F3N2O/c1-7(14)9(10(11,12)13)15(5-6-16)8-3-2-4-8/h7-9,16H,2-6,14H2,1H3. The van der Waals surface area contributed by atoms with E-state index in [1.54, 1.807) is 0 Å². The number of rotatable bonds is 5. The third kappa shape index (κ3) is 3.09. The molecule has 0 spiro atoms. The summed E-state index contributed by atoms with van der Waals surface area (Å²) in [6, 6.07) is -2.71. The predicted octanol–water partition coefficient (Wildman–Crippen LogP) is 1.11. The number of aliphatic hydroxyl groups excluding tert-OH is 1. The van der Waals surface area contributed by atoms with Gasteiger partial charge in [-0.15, -0.1) is 0 Å². The van der Waals surface area contributed by atoms with E-state index >= 15 is 0 Å². The van der Waals surface area contributed by atoms with Gasteiger partial charge in [0.15, 0.2) is 0 Å². The molecule has 0 radical (unpaired) electrons. The molecule has 6 heteroatoms. The normalized spacial score (nSPS) is 21.9. The molecule has 0 heterocycles. The molecule has 1 aliphatic rings. The van der Waals surface area contributed by atoms with Crippen LogP contribution in [0.1, 0.15) is 26.2 Å². The van der Waals surface area contributed by atoms with Crippen molar-refractivity contribution in [2.45, 2.75) is 50.5 Å². The van der Waals surface area contributed by atoms with Crippen LogP contribution in [0.4, 0.5) is 13.2 Å². The van der Waals surface area contributed by atoms with Gasteiger partial charge < -0.3 is 10.8 Å². The van der Waals surface area contributed by atoms with Crippen LogP contribution < -0.4 is 5.73 Å². The summed E-state index contributed by atoms with van der Waals surface area (Å²) in [5.41, 5.74) is 5.43. The Morgan fingerprint density at radius 3 is 2.25 bits per heavy atom. The van der Waals surface area contributed by atoms with Gasteiger partial charge in [-0.25, -0.2) is 0 Å². The van der Waals surface area contributed by atoms with Crippen LogP contribution in [0.3, 0.4) is 0 Å². The minimum atomic E-state index is -4.33. The van der Waals surface area contributed by atoms with Gasteiger partial charge in [0, 0.05) is 18.6 Å². The Morgan fingerprint density at radius 1 is 1.44 bits per heavy atom. The number of nitrogens with zero attached hydrogens (tertiary/aromatic N) is 1. The fraction of sp³-hybridized carbons (Fsp3) is 1.00. The van der Waals surface area contributed by atoms with Crippen LogP contribution >= 0.6 is 0 Å². The van der Waals surface area contributed by atoms with Gasteiger partial charge in [-0.1, -0.05) is 6.42 Å². The number of nitrogens with two attached hydrogens (primary N) is 1. The van der Waals surface area contributed by atoms with E-state index in [1.165, 1.54) is 11.8 Å². The van der Waals surface area contributed by atoms with E-state index in [-0.39, 0.29) is 19.2 Å². The Kier molecular flexibility index (Phi) is 4.58. The molecule has 1 aliphatic carbocycles. The maximum Gasteiger partial charge on any atom is 0.405 e. The summed E-state index contributed by atoms with van der Waals surface area (Å²) in [7, 11) is 0. The first-order chi connectivity index (χ1) is 7.38. The molecule has 0 saturated heterocycles. The molecular weight excluding hydrogens is 221 g/mol. The molecular formula is C10H19F3N2O. The van der Waals surface area contributed by atoms with Crippen LogP contribution in [0.5, 0.6) is 0 Å². The van der Waals surface area contributed by atoms with Crippen LogP contribution in [0, 0.1) is 0 Å². The smallest absolute Gasteiger partial charge is 0.395 e. The van der Waals surface area contributed by atoms with E-state index < -0.39 is 18.3 Å². The fourth-order valence-electron chi connectivity index (χ4n) is 2.17. The third-order valence-corrected chi connectivity index (χ3v) is 3.09. The highest BCUT2D eigenvalue weighted by molar-refractivity contribution is 4.92. The lowest BCUT2D eigenvalue weighted by molar-refractivity contribution is -0.199. The molecule has 1 saturated carbocycles. The van der Waals surface area contributed by atoms with Crippen LogP contribution in [-0.2, 0) is 0 Å². The summed E-state index contributed by atoms with van der Waals surface area (Å²) in [6.07, 6.45) is -1.85. The average molecular weight is 240 g/mol. The Labute approximate surface area is 93.4 Å². The topological polar surface area (TPSA) is 49.5 Å². The molecule has 16 heavy (non-hydrogen) atoms. The lowest BCUT2D eigenvalue weighted by Gasteiger charge is -2.44. The molecule has 3 nitrogen and oxygen atoms in total. The summed E-state index contributed by atoms with van der Waals surface area (Å²) in [5, 5.41) is 8.85. The van der Waals surface area contributed by atoms with E-state index in [4.69, 9.17) is 10.8 Å². The summed E-state index contributed by atoms with van der Waals surface area (Å²) in [6.45, 7) is 1.13. The highest BCUT2D eigenvalue weighted by Gasteiger charge is 2.48. The Balaban J connectivity index is 2.78. The van der Waals surface area contributed by atoms with Gasteiger partial charge >= 0.3 is 6.18 Å². The van der Waals surface area contributed by atoms with Crippen molar-refractivity contribution in [1.82, 2.24) is 4.90 Å². The maximum atomic E-state index is 12.9. The second kappa shape index (κ2) is 5.33. The van der Waals surface area contributed by atoms with Crippen molar-refractivity contribution in [2.24, 2.45) is 5.73 Å². The zero-order valence-corrected chi connectivity index (χ0v) is 9.37. The first-order valence-corrected chi connectivity index (χ1v) is 5.56. The number of hydrogen-bond acceptors (Lipinski definition) is 3. The Bertz CT molecular complexity index is 217. The molecule has 0 aliphatic heterocycles. The zero-order chi connectivity index (χ0) is 12.3. The first kappa shape index (κ1) is 13.7. The molecule has 2 unspecified atom stereocenters. The van der Waals surface area contributed by atoms with Crippen LogP contribution in [0.25, 0.3) is 0 Å². The van der Waals surface area contributed by atoms with Crippen LogP contribution in [0.2, 0.25) is 0 Å². The molecule has 3 N–H and O–H groups in total. The number of alkyl halides is 3. The second-order valence-electron chi connectivity index (χ2n) is 4.39. The number of halogens is 3. The largest absolute Gasteiger partial charge is 0.405 e. The van der Waals surface area contributed by atoms with Crippen molar-refractivity contribution in [3.05, 3.63) is 0 Å². The van der Waals surface area contributed by atoms with E-state index in [0.29, 0.717) is 0 Å². The minimum absolute atomic E-state index is 0.0381. The van der Waals surface area contributed by atoms with Gasteiger partial charge in [-0.2, -0.15) is 13.2 Å². The number of aliphatic hydroxyl groups is 1. The van der Waals surface area contributed by atoms with Crippen molar-refractivity contribution in [1.29, 1.82) is 0 Å². The van der Waals surface area contributed by atoms with Crippen molar-refractivity contribution in [3.8, 4) is 0 Å². The van der Waals surface area contributed by atoms with Gasteiger partial charge in [0.05, 0.1) is 6.61 Å². The van der Waals surface area contributed by atoms with Gasteiger partial charge in [-0.05, 0) is 19.8 Å². The molecule has 0 bridgehead atoms. The third-order valence-electron chi connectivity index (χ3n) is 3.09. The molecule has 0 aromatic carbocycles. The van der Waals surface area contributed by atoms with Crippen LogP contribution in [0.15, 0.2) is 0 Å². The SMILES string of the molecule is CC(N)C(N(CCO)C1CCC1)C(F)(F)F.